The molecule has 0 rings (SSSR count). The number of carbonyl (C=O) groups is 4. The van der Waals surface area contributed by atoms with Gasteiger partial charge in [0.15, 0.2) is 0 Å². The third-order valence-corrected chi connectivity index (χ3v) is 4.99. The quantitative estimate of drug-likeness (QED) is 0.228. The summed E-state index contributed by atoms with van der Waals surface area (Å²) in [6.45, 7) is 3.59. The summed E-state index contributed by atoms with van der Waals surface area (Å²) in [5, 5.41) is 0. The first-order chi connectivity index (χ1) is 11.3. The average molecular weight is 380 g/mol. The van der Waals surface area contributed by atoms with E-state index in [9.17, 15) is 19.2 Å². The fourth-order valence-corrected chi connectivity index (χ4v) is 3.48. The van der Waals surface area contributed by atoms with E-state index in [-0.39, 0.29) is 24.3 Å². The van der Waals surface area contributed by atoms with Crippen LogP contribution in [-0.2, 0) is 28.7 Å². The van der Waals surface area contributed by atoms with Crippen LogP contribution in [0, 0.1) is 0 Å². The van der Waals surface area contributed by atoms with Crippen molar-refractivity contribution in [1.29, 1.82) is 0 Å². The van der Waals surface area contributed by atoms with Crippen LogP contribution in [-0.4, -0.2) is 47.5 Å². The van der Waals surface area contributed by atoms with Gasteiger partial charge in [-0.1, -0.05) is 35.4 Å². The number of hydrogen-bond donors (Lipinski definition) is 2. The van der Waals surface area contributed by atoms with Gasteiger partial charge >= 0.3 is 23.9 Å². The predicted molar refractivity (Wildman–Crippen MR) is 92.9 cm³/mol. The summed E-state index contributed by atoms with van der Waals surface area (Å²) >= 11 is 0. The second-order valence-electron chi connectivity index (χ2n) is 4.87. The van der Waals surface area contributed by atoms with Crippen molar-refractivity contribution < 1.29 is 28.7 Å². The fraction of sp³-hybridized carbons (Fsp3) is 0.714. The molecule has 0 heterocycles. The van der Waals surface area contributed by atoms with Gasteiger partial charge in [-0.3, -0.25) is 9.59 Å². The summed E-state index contributed by atoms with van der Waals surface area (Å²) in [6, 6.07) is -1.89. The van der Waals surface area contributed by atoms with E-state index in [1.807, 2.05) is 0 Å². The number of ether oxygens (including phenoxy) is 2. The van der Waals surface area contributed by atoms with E-state index in [1.165, 1.54) is 21.6 Å². The average Bonchev–Trinajstić information content (AvgIpc) is 2.51. The summed E-state index contributed by atoms with van der Waals surface area (Å²) in [6.07, 6.45) is 1.49. The summed E-state index contributed by atoms with van der Waals surface area (Å²) in [5.41, 5.74) is 11.2. The van der Waals surface area contributed by atoms with E-state index < -0.39 is 36.0 Å². The van der Waals surface area contributed by atoms with Crippen molar-refractivity contribution in [2.75, 3.05) is 11.5 Å². The molecule has 0 spiro atoms. The van der Waals surface area contributed by atoms with Gasteiger partial charge < -0.3 is 20.9 Å². The molecule has 0 aliphatic carbocycles. The largest absolute Gasteiger partial charge is 0.392 e. The van der Waals surface area contributed by atoms with Gasteiger partial charge in [-0.2, -0.15) is 0 Å². The van der Waals surface area contributed by atoms with E-state index in [1.54, 1.807) is 13.8 Å². The number of carbonyl (C=O) groups excluding carboxylic acids is 4. The Balaban J connectivity index is 3.94. The van der Waals surface area contributed by atoms with Crippen LogP contribution in [0.3, 0.4) is 0 Å². The number of nitrogens with two attached hydrogens (primary N) is 2. The Kier molecular flexibility index (Phi) is 12.6. The summed E-state index contributed by atoms with van der Waals surface area (Å²) < 4.78 is 9.15. The summed E-state index contributed by atoms with van der Waals surface area (Å²) in [4.78, 5) is 45.4. The third kappa shape index (κ3) is 10.6. The Hall–Kier alpha value is -1.10. The molecule has 0 radical (unpaired) electrons. The Morgan fingerprint density at radius 2 is 1.12 bits per heavy atom. The van der Waals surface area contributed by atoms with Crippen molar-refractivity contribution in [3.63, 3.8) is 0 Å². The highest BCUT2D eigenvalue weighted by Crippen LogP contribution is 2.22. The molecule has 0 saturated heterocycles. The van der Waals surface area contributed by atoms with Crippen LogP contribution in [0.5, 0.6) is 0 Å². The zero-order valence-electron chi connectivity index (χ0n) is 13.8. The maximum Gasteiger partial charge on any atom is 0.331 e. The number of esters is 4. The molecule has 0 aromatic rings. The normalized spacial score (nSPS) is 13.0. The molecule has 24 heavy (non-hydrogen) atoms. The highest BCUT2D eigenvalue weighted by atomic mass is 33.1. The molecule has 0 saturated carbocycles. The molecule has 0 aromatic heterocycles. The van der Waals surface area contributed by atoms with Crippen molar-refractivity contribution in [2.24, 2.45) is 11.5 Å². The smallest absolute Gasteiger partial charge is 0.331 e. The fourth-order valence-electron chi connectivity index (χ4n) is 1.26. The molecule has 138 valence electrons. The van der Waals surface area contributed by atoms with E-state index in [0.717, 1.165) is 0 Å². The molecule has 0 unspecified atom stereocenters. The van der Waals surface area contributed by atoms with Crippen molar-refractivity contribution >= 4 is 45.5 Å². The monoisotopic (exact) mass is 380 g/mol. The van der Waals surface area contributed by atoms with Crippen LogP contribution in [0.1, 0.15) is 39.5 Å². The zero-order chi connectivity index (χ0) is 18.5. The second kappa shape index (κ2) is 13.2. The lowest BCUT2D eigenvalue weighted by Gasteiger charge is -2.11. The number of rotatable bonds is 11. The van der Waals surface area contributed by atoms with Crippen molar-refractivity contribution in [2.45, 2.75) is 51.6 Å². The second-order valence-corrected chi connectivity index (χ2v) is 7.42. The molecule has 0 bridgehead atoms. The lowest BCUT2D eigenvalue weighted by Crippen LogP contribution is -2.36. The van der Waals surface area contributed by atoms with Gasteiger partial charge in [0.2, 0.25) is 0 Å². The summed E-state index contributed by atoms with van der Waals surface area (Å²) in [7, 11) is 2.42. The van der Waals surface area contributed by atoms with E-state index >= 15 is 0 Å². The Labute approximate surface area is 149 Å². The first-order valence-corrected chi connectivity index (χ1v) is 10.0. The van der Waals surface area contributed by atoms with Crippen LogP contribution in [0.2, 0.25) is 0 Å². The van der Waals surface area contributed by atoms with Gasteiger partial charge in [0, 0.05) is 24.3 Å². The lowest BCUT2D eigenvalue weighted by atomic mass is 10.3. The summed E-state index contributed by atoms with van der Waals surface area (Å²) in [5.74, 6) is -2.38. The minimum atomic E-state index is -0.947. The molecule has 0 amide bonds. The van der Waals surface area contributed by atoms with Crippen LogP contribution < -0.4 is 11.5 Å². The maximum atomic E-state index is 11.5. The molecule has 8 nitrogen and oxygen atoms in total. The molecule has 2 atom stereocenters. The highest BCUT2D eigenvalue weighted by molar-refractivity contribution is 8.76. The lowest BCUT2D eigenvalue weighted by molar-refractivity contribution is -0.162. The van der Waals surface area contributed by atoms with Gasteiger partial charge in [0.05, 0.1) is 0 Å². The van der Waals surface area contributed by atoms with Crippen LogP contribution in [0.4, 0.5) is 0 Å². The van der Waals surface area contributed by atoms with Crippen molar-refractivity contribution in [1.82, 2.24) is 0 Å². The Morgan fingerprint density at radius 3 is 1.42 bits per heavy atom. The third-order valence-electron chi connectivity index (χ3n) is 2.52. The van der Waals surface area contributed by atoms with Crippen molar-refractivity contribution in [3.8, 4) is 0 Å². The van der Waals surface area contributed by atoms with Crippen LogP contribution >= 0.6 is 21.6 Å². The van der Waals surface area contributed by atoms with Crippen LogP contribution in [0.25, 0.3) is 0 Å². The van der Waals surface area contributed by atoms with E-state index in [0.29, 0.717) is 12.8 Å². The molecular weight excluding hydrogens is 356 g/mol. The molecule has 0 fully saturated rings. The Morgan fingerprint density at radius 1 is 0.792 bits per heavy atom. The molecular formula is C14H24N2O6S2. The van der Waals surface area contributed by atoms with Gasteiger partial charge in [0.25, 0.3) is 0 Å². The minimum Gasteiger partial charge on any atom is -0.392 e. The molecule has 10 heteroatoms. The molecule has 0 aromatic carbocycles. The van der Waals surface area contributed by atoms with Gasteiger partial charge in [-0.05, 0) is 12.8 Å². The van der Waals surface area contributed by atoms with Crippen molar-refractivity contribution in [3.05, 3.63) is 0 Å². The molecule has 4 N–H and O–H groups in total. The predicted octanol–water partition coefficient (Wildman–Crippen LogP) is 0.762. The minimum absolute atomic E-state index is 0.161. The van der Waals surface area contributed by atoms with E-state index in [4.69, 9.17) is 11.5 Å². The standard InChI is InChI=1S/C14H24N2O6S2/c1-3-5-11(17)21-13(19)9(15)7-23-24-8-10(16)14(20)22-12(18)6-4-2/h9-10H,3-8,15-16H2,1-2H3/t9-,10-/m0/s1. The molecule has 0 aliphatic rings. The topological polar surface area (TPSA) is 139 Å². The van der Waals surface area contributed by atoms with Gasteiger partial charge in [0.1, 0.15) is 12.1 Å². The first-order valence-electron chi connectivity index (χ1n) is 7.56. The highest BCUT2D eigenvalue weighted by Gasteiger charge is 2.21. The van der Waals surface area contributed by atoms with Crippen LogP contribution in [0.15, 0.2) is 0 Å². The number of hydrogen-bond acceptors (Lipinski definition) is 10. The van der Waals surface area contributed by atoms with Gasteiger partial charge in [-0.15, -0.1) is 0 Å². The van der Waals surface area contributed by atoms with Gasteiger partial charge in [-0.25, -0.2) is 9.59 Å². The molecule has 0 aliphatic heterocycles. The van der Waals surface area contributed by atoms with E-state index in [2.05, 4.69) is 9.47 Å². The Bertz CT molecular complexity index is 407. The first kappa shape index (κ1) is 22.9. The SMILES string of the molecule is CCCC(=O)OC(=O)[C@@H](N)CSSC[C@H](N)C(=O)OC(=O)CCC. The maximum absolute atomic E-state index is 11.5. The zero-order valence-corrected chi connectivity index (χ0v) is 15.5.